The van der Waals surface area contributed by atoms with Gasteiger partial charge < -0.3 is 0 Å². The Kier molecular flexibility index (Phi) is 6.14. The molecule has 20 heavy (non-hydrogen) atoms. The van der Waals surface area contributed by atoms with Gasteiger partial charge in [0.25, 0.3) is 10.0 Å². The zero-order chi connectivity index (χ0) is 15.4. The molecular weight excluding hydrogens is 320 g/mol. The normalized spacial score (nSPS) is 13.0. The molecule has 1 rings (SSSR count). The van der Waals surface area contributed by atoms with Crippen molar-refractivity contribution in [2.75, 3.05) is 25.9 Å². The molecule has 1 aromatic rings. The molecule has 0 unspecified atom stereocenters. The van der Waals surface area contributed by atoms with Gasteiger partial charge in [-0.1, -0.05) is 13.8 Å². The Morgan fingerprint density at radius 3 is 2.25 bits per heavy atom. The third-order valence-corrected chi connectivity index (χ3v) is 7.06. The van der Waals surface area contributed by atoms with Crippen LogP contribution in [-0.4, -0.2) is 47.0 Å². The van der Waals surface area contributed by atoms with E-state index in [0.29, 0.717) is 23.7 Å². The molecule has 1 heterocycles. The van der Waals surface area contributed by atoms with Crippen molar-refractivity contribution < 1.29 is 16.8 Å². The van der Waals surface area contributed by atoms with E-state index < -0.39 is 20.0 Å². The summed E-state index contributed by atoms with van der Waals surface area (Å²) < 4.78 is 50.5. The minimum absolute atomic E-state index is 0.268. The summed E-state index contributed by atoms with van der Waals surface area (Å²) in [5.74, 6) is 0. The monoisotopic (exact) mass is 340 g/mol. The van der Waals surface area contributed by atoms with Crippen LogP contribution in [0.25, 0.3) is 0 Å². The van der Waals surface area contributed by atoms with Crippen LogP contribution in [0.4, 0.5) is 0 Å². The van der Waals surface area contributed by atoms with Crippen molar-refractivity contribution in [2.45, 2.75) is 24.5 Å². The van der Waals surface area contributed by atoms with Crippen molar-refractivity contribution in [3.63, 3.8) is 0 Å². The third-order valence-electron chi connectivity index (χ3n) is 2.67. The largest absolute Gasteiger partial charge is 0.252 e. The number of nitrogens with zero attached hydrogens (tertiary/aromatic N) is 1. The van der Waals surface area contributed by atoms with E-state index in [0.717, 1.165) is 11.1 Å². The van der Waals surface area contributed by atoms with E-state index in [2.05, 4.69) is 4.72 Å². The number of rotatable bonds is 8. The summed E-state index contributed by atoms with van der Waals surface area (Å²) in [6, 6.07) is 3.30. The predicted molar refractivity (Wildman–Crippen MR) is 81.0 cm³/mol. The summed E-state index contributed by atoms with van der Waals surface area (Å²) in [5, 5.41) is 0. The highest BCUT2D eigenvalue weighted by molar-refractivity contribution is 7.91. The Bertz CT molecular complexity index is 630. The van der Waals surface area contributed by atoms with Gasteiger partial charge in [-0.3, -0.25) is 0 Å². The topological polar surface area (TPSA) is 83.6 Å². The van der Waals surface area contributed by atoms with Gasteiger partial charge in [0.1, 0.15) is 4.21 Å². The summed E-state index contributed by atoms with van der Waals surface area (Å²) in [6.45, 7) is 4.73. The van der Waals surface area contributed by atoms with E-state index >= 15 is 0 Å². The molecule has 0 saturated heterocycles. The Hall–Kier alpha value is -0.480. The van der Waals surface area contributed by atoms with Crippen molar-refractivity contribution in [2.24, 2.45) is 0 Å². The van der Waals surface area contributed by atoms with E-state index in [-0.39, 0.29) is 6.54 Å². The fourth-order valence-electron chi connectivity index (χ4n) is 1.68. The van der Waals surface area contributed by atoms with Gasteiger partial charge in [-0.15, -0.1) is 11.3 Å². The number of nitrogens with one attached hydrogen (secondary N) is 1. The van der Waals surface area contributed by atoms with Gasteiger partial charge in [0.05, 0.1) is 6.26 Å². The summed E-state index contributed by atoms with van der Waals surface area (Å²) >= 11 is 1.19. The second-order valence-electron chi connectivity index (χ2n) is 4.23. The van der Waals surface area contributed by atoms with Gasteiger partial charge in [-0.25, -0.2) is 21.6 Å². The van der Waals surface area contributed by atoms with Crippen molar-refractivity contribution in [1.29, 1.82) is 0 Å². The SMILES string of the molecule is CCN(CC)S(=O)(=O)c1ccc(CCNS(C)(=O)=O)s1. The average Bonchev–Trinajstić information content (AvgIpc) is 2.78. The van der Waals surface area contributed by atoms with Crippen LogP contribution in [0.5, 0.6) is 0 Å². The maximum atomic E-state index is 12.3. The molecule has 0 atom stereocenters. The van der Waals surface area contributed by atoms with E-state index in [4.69, 9.17) is 0 Å². The van der Waals surface area contributed by atoms with Crippen molar-refractivity contribution >= 4 is 31.4 Å². The lowest BCUT2D eigenvalue weighted by molar-refractivity contribution is 0.447. The Balaban J connectivity index is 2.77. The second kappa shape index (κ2) is 6.99. The van der Waals surface area contributed by atoms with Crippen LogP contribution in [0.1, 0.15) is 18.7 Å². The molecule has 0 aliphatic rings. The fraction of sp³-hybridized carbons (Fsp3) is 0.636. The van der Waals surface area contributed by atoms with Gasteiger partial charge in [0, 0.05) is 24.5 Å². The molecule has 9 heteroatoms. The van der Waals surface area contributed by atoms with Crippen molar-refractivity contribution in [3.05, 3.63) is 17.0 Å². The first-order valence-electron chi connectivity index (χ1n) is 6.24. The quantitative estimate of drug-likeness (QED) is 0.761. The standard InChI is InChI=1S/C11H20N2O4S3/c1-4-13(5-2)20(16,17)11-7-6-10(18-11)8-9-12-19(3,14)15/h6-7,12H,4-5,8-9H2,1-3H3. The maximum Gasteiger partial charge on any atom is 0.252 e. The molecule has 1 N–H and O–H groups in total. The Morgan fingerprint density at radius 2 is 1.75 bits per heavy atom. The van der Waals surface area contributed by atoms with Crippen LogP contribution in [0.3, 0.4) is 0 Å². The third kappa shape index (κ3) is 4.81. The van der Waals surface area contributed by atoms with Gasteiger partial charge in [-0.2, -0.15) is 4.31 Å². The van der Waals surface area contributed by atoms with E-state index in [1.165, 1.54) is 15.6 Å². The lowest BCUT2D eigenvalue weighted by Crippen LogP contribution is -2.29. The Morgan fingerprint density at radius 1 is 1.15 bits per heavy atom. The molecule has 6 nitrogen and oxygen atoms in total. The lowest BCUT2D eigenvalue weighted by atomic mass is 10.3. The molecule has 0 aliphatic heterocycles. The number of hydrogen-bond acceptors (Lipinski definition) is 5. The fourth-order valence-corrected chi connectivity index (χ4v) is 5.12. The lowest BCUT2D eigenvalue weighted by Gasteiger charge is -2.16. The maximum absolute atomic E-state index is 12.3. The molecule has 116 valence electrons. The predicted octanol–water partition coefficient (Wildman–Crippen LogP) is 0.870. The van der Waals surface area contributed by atoms with E-state index in [9.17, 15) is 16.8 Å². The summed E-state index contributed by atoms with van der Waals surface area (Å²) in [4.78, 5) is 0.840. The molecule has 0 radical (unpaired) electrons. The molecular formula is C11H20N2O4S3. The van der Waals surface area contributed by atoms with Crippen LogP contribution in [0, 0.1) is 0 Å². The first-order valence-corrected chi connectivity index (χ1v) is 10.4. The highest BCUT2D eigenvalue weighted by Crippen LogP contribution is 2.25. The second-order valence-corrected chi connectivity index (χ2v) is 9.39. The average molecular weight is 340 g/mol. The van der Waals surface area contributed by atoms with Crippen LogP contribution in [0.15, 0.2) is 16.3 Å². The first-order chi connectivity index (χ1) is 9.20. The van der Waals surface area contributed by atoms with Gasteiger partial charge in [0.15, 0.2) is 0 Å². The highest BCUT2D eigenvalue weighted by Gasteiger charge is 2.23. The zero-order valence-corrected chi connectivity index (χ0v) is 14.2. The molecule has 0 spiro atoms. The minimum Gasteiger partial charge on any atom is -0.215 e. The smallest absolute Gasteiger partial charge is 0.215 e. The summed E-state index contributed by atoms with van der Waals surface area (Å²) in [6.07, 6.45) is 1.57. The van der Waals surface area contributed by atoms with Gasteiger partial charge in [-0.05, 0) is 18.6 Å². The first kappa shape index (κ1) is 17.6. The number of hydrogen-bond donors (Lipinski definition) is 1. The van der Waals surface area contributed by atoms with E-state index in [1.807, 2.05) is 0 Å². The molecule has 0 fully saturated rings. The van der Waals surface area contributed by atoms with Gasteiger partial charge >= 0.3 is 0 Å². The molecule has 0 aromatic carbocycles. The number of sulfonamides is 2. The van der Waals surface area contributed by atoms with Gasteiger partial charge in [0.2, 0.25) is 10.0 Å². The molecule has 0 amide bonds. The zero-order valence-electron chi connectivity index (χ0n) is 11.8. The molecule has 0 bridgehead atoms. The minimum atomic E-state index is -3.42. The van der Waals surface area contributed by atoms with Crippen LogP contribution < -0.4 is 4.72 Å². The molecule has 0 saturated carbocycles. The van der Waals surface area contributed by atoms with E-state index in [1.54, 1.807) is 26.0 Å². The van der Waals surface area contributed by atoms with Crippen LogP contribution in [-0.2, 0) is 26.5 Å². The summed E-state index contributed by atoms with van der Waals surface area (Å²) in [7, 11) is -6.63. The highest BCUT2D eigenvalue weighted by atomic mass is 32.2. The number of thiophene rings is 1. The Labute approximate surface area is 124 Å². The van der Waals surface area contributed by atoms with Crippen molar-refractivity contribution in [1.82, 2.24) is 9.03 Å². The molecule has 1 aromatic heterocycles. The van der Waals surface area contributed by atoms with Crippen LogP contribution >= 0.6 is 11.3 Å². The van der Waals surface area contributed by atoms with Crippen LogP contribution in [0.2, 0.25) is 0 Å². The van der Waals surface area contributed by atoms with Crippen molar-refractivity contribution in [3.8, 4) is 0 Å². The summed E-state index contributed by atoms with van der Waals surface area (Å²) in [5.41, 5.74) is 0. The molecule has 0 aliphatic carbocycles.